The average Bonchev–Trinajstić information content (AvgIpc) is 4.05. The zero-order valence-corrected chi connectivity index (χ0v) is 38.0. The fraction of sp³-hybridized carbons (Fsp3) is 0.417. The second-order valence-electron chi connectivity index (χ2n) is 17.8. The number of aromatic nitrogens is 2. The van der Waals surface area contributed by atoms with Gasteiger partial charge in [-0.2, -0.15) is 0 Å². The van der Waals surface area contributed by atoms with Crippen LogP contribution in [0, 0.1) is 32.4 Å². The van der Waals surface area contributed by atoms with Crippen LogP contribution in [0.4, 0.5) is 37.7 Å². The number of rotatable bonds is 12. The molecule has 22 heteroatoms. The highest BCUT2D eigenvalue weighted by Gasteiger charge is 2.63. The number of alkyl halides is 4. The third kappa shape index (κ3) is 9.67. The van der Waals surface area contributed by atoms with E-state index in [1.807, 2.05) is 0 Å². The summed E-state index contributed by atoms with van der Waals surface area (Å²) in [4.78, 5) is 102. The maximum absolute atomic E-state index is 13.9. The molecule has 8 rings (SSSR count). The highest BCUT2D eigenvalue weighted by Crippen LogP contribution is 2.47. The number of carbonyl (C=O) groups is 8. The first-order valence-electron chi connectivity index (χ1n) is 21.9. The first-order chi connectivity index (χ1) is 32.4. The van der Waals surface area contributed by atoms with Gasteiger partial charge in [0.2, 0.25) is 11.8 Å². The number of halogens is 6. The Morgan fingerprint density at radius 2 is 0.957 bits per heavy atom. The third-order valence-corrected chi connectivity index (χ3v) is 12.9. The molecular weight excluding hydrogens is 931 g/mol. The summed E-state index contributed by atoms with van der Waals surface area (Å²) in [6.45, 7) is 5.41. The normalized spacial score (nSPS) is 17.0. The summed E-state index contributed by atoms with van der Waals surface area (Å²) in [5, 5.41) is 14.2. The van der Waals surface area contributed by atoms with Crippen molar-refractivity contribution in [3.05, 3.63) is 105 Å². The van der Waals surface area contributed by atoms with Crippen molar-refractivity contribution in [3.8, 4) is 0 Å². The monoisotopic (exact) mass is 982 g/mol. The number of anilines is 2. The van der Waals surface area contributed by atoms with Gasteiger partial charge in [0.1, 0.15) is 22.7 Å². The van der Waals surface area contributed by atoms with Gasteiger partial charge >= 0.3 is 0 Å². The summed E-state index contributed by atoms with van der Waals surface area (Å²) in [5.41, 5.74) is -0.721. The predicted molar refractivity (Wildman–Crippen MR) is 242 cm³/mol. The number of hydrogen-bond acceptors (Lipinski definition) is 8. The smallest absolute Gasteiger partial charge is 0.294 e. The van der Waals surface area contributed by atoms with Gasteiger partial charge in [0.05, 0.1) is 22.5 Å². The number of benzene rings is 2. The lowest BCUT2D eigenvalue weighted by Crippen LogP contribution is -2.69. The molecule has 0 unspecified atom stereocenters. The number of likely N-dealkylation sites (N-methyl/N-ethyl adjacent to an activating group) is 2. The number of ketones is 2. The summed E-state index contributed by atoms with van der Waals surface area (Å²) >= 11 is 0. The number of Topliss-reactive ketones (excluding diaryl/α,β-unsaturated/α-hetero) is 2. The molecule has 0 saturated heterocycles. The van der Waals surface area contributed by atoms with Gasteiger partial charge in [0, 0.05) is 75.6 Å². The van der Waals surface area contributed by atoms with Crippen molar-refractivity contribution in [2.24, 2.45) is 0 Å². The predicted octanol–water partition coefficient (Wildman–Crippen LogP) is 5.64. The Morgan fingerprint density at radius 3 is 1.33 bits per heavy atom. The maximum atomic E-state index is 13.9. The van der Waals surface area contributed by atoms with E-state index in [1.54, 1.807) is 22.1 Å². The Kier molecular flexibility index (Phi) is 14.3. The molecular formula is C48H52F6N8O8. The Labute approximate surface area is 397 Å². The number of nitrogens with one attached hydrogen (secondary N) is 6. The molecule has 2 aliphatic heterocycles. The number of amides is 6. The molecule has 16 nitrogen and oxygen atoms in total. The Morgan fingerprint density at radius 1 is 0.571 bits per heavy atom. The summed E-state index contributed by atoms with van der Waals surface area (Å²) < 4.78 is 84.5. The fourth-order valence-electron chi connectivity index (χ4n) is 9.73. The van der Waals surface area contributed by atoms with Gasteiger partial charge in [-0.15, -0.1) is 0 Å². The van der Waals surface area contributed by atoms with Gasteiger partial charge in [0.25, 0.3) is 47.0 Å². The molecule has 374 valence electrons. The van der Waals surface area contributed by atoms with E-state index in [2.05, 4.69) is 31.9 Å². The van der Waals surface area contributed by atoms with E-state index in [0.717, 1.165) is 0 Å². The minimum absolute atomic E-state index is 0. The van der Waals surface area contributed by atoms with E-state index >= 15 is 0 Å². The van der Waals surface area contributed by atoms with Gasteiger partial charge in [-0.25, -0.2) is 26.3 Å². The van der Waals surface area contributed by atoms with Gasteiger partial charge in [-0.05, 0) is 99.5 Å². The largest absolute Gasteiger partial charge is 0.357 e. The minimum atomic E-state index is -3.13. The van der Waals surface area contributed by atoms with E-state index in [4.69, 9.17) is 0 Å². The molecule has 4 heterocycles. The Bertz CT molecular complexity index is 2840. The van der Waals surface area contributed by atoms with Crippen molar-refractivity contribution in [2.45, 2.75) is 116 Å². The van der Waals surface area contributed by atoms with Crippen LogP contribution in [0.1, 0.15) is 116 Å². The van der Waals surface area contributed by atoms with Gasteiger partial charge in [-0.1, -0.05) is 13.5 Å². The number of carbonyl (C=O) groups excluding carboxylic acids is 8. The lowest BCUT2D eigenvalue weighted by atomic mass is 9.72. The second-order valence-corrected chi connectivity index (χ2v) is 17.8. The Hall–Kier alpha value is -7.26. The van der Waals surface area contributed by atoms with Crippen molar-refractivity contribution in [2.75, 3.05) is 24.7 Å². The van der Waals surface area contributed by atoms with Crippen LogP contribution in [0.3, 0.4) is 0 Å². The van der Waals surface area contributed by atoms with Crippen molar-refractivity contribution >= 4 is 58.4 Å². The van der Waals surface area contributed by atoms with E-state index in [9.17, 15) is 64.7 Å². The highest BCUT2D eigenvalue weighted by atomic mass is 19.3. The molecule has 6 amide bonds. The number of fused-ring (bicyclic) bond motifs is 2. The molecule has 6 N–H and O–H groups in total. The third-order valence-electron chi connectivity index (χ3n) is 12.9. The van der Waals surface area contributed by atoms with Crippen molar-refractivity contribution < 1.29 is 64.7 Å². The molecule has 70 heavy (non-hydrogen) atoms. The van der Waals surface area contributed by atoms with Gasteiger partial charge in [-0.3, -0.25) is 38.4 Å². The van der Waals surface area contributed by atoms with Crippen molar-refractivity contribution in [1.82, 2.24) is 30.4 Å². The van der Waals surface area contributed by atoms with E-state index < -0.39 is 107 Å². The zero-order valence-electron chi connectivity index (χ0n) is 38.0. The van der Waals surface area contributed by atoms with Crippen molar-refractivity contribution in [3.63, 3.8) is 0 Å². The van der Waals surface area contributed by atoms with Crippen LogP contribution in [-0.2, 0) is 45.1 Å². The zero-order chi connectivity index (χ0) is 50.5. The van der Waals surface area contributed by atoms with Crippen molar-refractivity contribution in [1.29, 1.82) is 0 Å². The van der Waals surface area contributed by atoms with E-state index in [-0.39, 0.29) is 46.8 Å². The van der Waals surface area contributed by atoms with Crippen LogP contribution in [-0.4, -0.2) is 93.2 Å². The summed E-state index contributed by atoms with van der Waals surface area (Å²) in [6.07, 6.45) is -1.39. The summed E-state index contributed by atoms with van der Waals surface area (Å²) in [6, 6.07) is 9.43. The lowest BCUT2D eigenvalue weighted by molar-refractivity contribution is -0.164. The molecule has 2 aromatic carbocycles. The SMILES string of the molecule is C.CNC(=O)C1(NC(=O)C(=O)c2c(C)c(C(=O)Nc3ccc(C)c(F)c3)c3n2CCC3)CC(F)(F)C1.CNC(=O)C1(NC(=O)C(=O)c2c(C)c(C(=O)Nc3ccc(F)cc3)c3n2CCC3)CC(F)(F)C1. The molecule has 2 aromatic heterocycles. The standard InChI is InChI=1S/C24H25F3N4O4.C23H23F3N4O4.CH4/c1-12-6-7-14(9-15(12)25)29-20(33)17-13(2)18(31-8-4-5-16(17)31)19(32)21(34)30-23(22(35)28-3)10-24(26,27)11-23;1-12-16(19(32)28-14-7-5-13(24)6-8-14)15-4-3-9-30(15)17(12)18(31)20(33)29-22(21(34)27-2)10-23(25,26)11-22;/h6-7,9H,4-5,8,10-11H2,1-3H3,(H,28,35)(H,29,33)(H,30,34);5-8H,3-4,9-11H2,1-2H3,(H,27,34)(H,28,32)(H,29,33);1H4. The topological polar surface area (TPSA) is 219 Å². The molecule has 2 fully saturated rings. The van der Waals surface area contributed by atoms with Gasteiger partial charge < -0.3 is 41.0 Å². The maximum Gasteiger partial charge on any atom is 0.294 e. The average molecular weight is 983 g/mol. The first-order valence-corrected chi connectivity index (χ1v) is 21.9. The number of hydrogen-bond donors (Lipinski definition) is 6. The van der Waals surface area contributed by atoms with Gasteiger partial charge in [0.15, 0.2) is 0 Å². The van der Waals surface area contributed by atoms with Crippen LogP contribution in [0.5, 0.6) is 0 Å². The molecule has 4 aliphatic rings. The quantitative estimate of drug-likeness (QED) is 0.0592. The molecule has 2 saturated carbocycles. The van der Waals surface area contributed by atoms with Crippen LogP contribution in [0.25, 0.3) is 0 Å². The van der Waals surface area contributed by atoms with E-state index in [1.165, 1.54) is 64.3 Å². The molecule has 0 spiro atoms. The molecule has 0 radical (unpaired) electrons. The van der Waals surface area contributed by atoms with Crippen LogP contribution in [0.15, 0.2) is 42.5 Å². The van der Waals surface area contributed by atoms with Crippen LogP contribution < -0.4 is 31.9 Å². The number of aryl methyl sites for hydroxylation is 1. The van der Waals surface area contributed by atoms with E-state index in [0.29, 0.717) is 61.4 Å². The number of nitrogens with zero attached hydrogens (tertiary/aromatic N) is 2. The van der Waals surface area contributed by atoms with Crippen LogP contribution in [0.2, 0.25) is 0 Å². The fourth-order valence-corrected chi connectivity index (χ4v) is 9.73. The summed E-state index contributed by atoms with van der Waals surface area (Å²) in [7, 11) is 2.51. The molecule has 0 atom stereocenters. The summed E-state index contributed by atoms with van der Waals surface area (Å²) in [5.74, 6) is -14.3. The second kappa shape index (κ2) is 19.3. The Balaban J connectivity index is 0.000000226. The molecule has 4 aromatic rings. The molecule has 0 bridgehead atoms. The highest BCUT2D eigenvalue weighted by molar-refractivity contribution is 6.44. The van der Waals surface area contributed by atoms with Crippen LogP contribution >= 0.6 is 0 Å². The minimum Gasteiger partial charge on any atom is -0.357 e. The lowest BCUT2D eigenvalue weighted by Gasteiger charge is -2.45. The first kappa shape index (κ1) is 52.1. The molecule has 2 aliphatic carbocycles.